The van der Waals surface area contributed by atoms with Crippen molar-refractivity contribution in [3.05, 3.63) is 54.1 Å². The molecule has 1 aliphatic heterocycles. The number of β-amino-alcohol motifs (C(OH)–C–C–N with tert-alkyl or cyclic N) is 1. The average molecular weight is 361 g/mol. The number of benzene rings is 2. The second-order valence-electron chi connectivity index (χ2n) is 6.35. The first-order valence-corrected chi connectivity index (χ1v) is 10.2. The van der Waals surface area contributed by atoms with Crippen LogP contribution in [0.2, 0.25) is 0 Å². The Morgan fingerprint density at radius 1 is 1.00 bits per heavy atom. The molecule has 0 bridgehead atoms. The van der Waals surface area contributed by atoms with Crippen LogP contribution in [0.4, 0.5) is 0 Å². The molecular weight excluding hydrogens is 338 g/mol. The Morgan fingerprint density at radius 2 is 1.52 bits per heavy atom. The van der Waals surface area contributed by atoms with Crippen molar-refractivity contribution in [2.75, 3.05) is 39.1 Å². The summed E-state index contributed by atoms with van der Waals surface area (Å²) >= 11 is 0. The van der Waals surface area contributed by atoms with Gasteiger partial charge in [-0.25, -0.2) is 8.42 Å². The molecule has 0 aliphatic carbocycles. The van der Waals surface area contributed by atoms with Crippen LogP contribution in [0.25, 0.3) is 11.1 Å². The minimum Gasteiger partial charge on any atom is -0.387 e. The first-order chi connectivity index (χ1) is 11.9. The minimum atomic E-state index is -3.18. The fourth-order valence-electron chi connectivity index (χ4n) is 2.93. The normalized spacial score (nSPS) is 17.4. The van der Waals surface area contributed by atoms with Crippen LogP contribution >= 0.6 is 0 Å². The first-order valence-electron chi connectivity index (χ1n) is 8.32. The second kappa shape index (κ2) is 7.66. The van der Waals surface area contributed by atoms with E-state index in [1.54, 1.807) is 24.3 Å². The first kappa shape index (κ1) is 18.1. The molecule has 25 heavy (non-hydrogen) atoms. The molecule has 1 atom stereocenters. The van der Waals surface area contributed by atoms with E-state index in [4.69, 9.17) is 4.74 Å². The molecule has 0 saturated carbocycles. The van der Waals surface area contributed by atoms with Gasteiger partial charge in [0.05, 0.1) is 24.2 Å². The molecule has 0 unspecified atom stereocenters. The molecule has 134 valence electrons. The lowest BCUT2D eigenvalue weighted by Gasteiger charge is -2.28. The van der Waals surface area contributed by atoms with Crippen LogP contribution in [0.15, 0.2) is 53.4 Å². The maximum atomic E-state index is 11.5. The molecule has 1 fully saturated rings. The Bertz CT molecular complexity index is 794. The molecule has 1 N–H and O–H groups in total. The lowest BCUT2D eigenvalue weighted by atomic mass is 10.0. The Balaban J connectivity index is 1.69. The summed E-state index contributed by atoms with van der Waals surface area (Å²) in [5, 5.41) is 10.4. The van der Waals surface area contributed by atoms with Crippen LogP contribution in [-0.4, -0.2) is 57.5 Å². The molecule has 1 saturated heterocycles. The van der Waals surface area contributed by atoms with Crippen LogP contribution in [0, 0.1) is 0 Å². The quantitative estimate of drug-likeness (QED) is 0.884. The summed E-state index contributed by atoms with van der Waals surface area (Å²) in [4.78, 5) is 2.51. The van der Waals surface area contributed by atoms with E-state index in [2.05, 4.69) is 4.90 Å². The number of nitrogens with zero attached hydrogens (tertiary/aromatic N) is 1. The molecule has 1 aliphatic rings. The minimum absolute atomic E-state index is 0.314. The maximum absolute atomic E-state index is 11.5. The van der Waals surface area contributed by atoms with Crippen molar-refractivity contribution < 1.29 is 18.3 Å². The van der Waals surface area contributed by atoms with Gasteiger partial charge in [-0.05, 0) is 28.8 Å². The summed E-state index contributed by atoms with van der Waals surface area (Å²) in [5.41, 5.74) is 2.81. The Kier molecular flexibility index (Phi) is 5.54. The van der Waals surface area contributed by atoms with Gasteiger partial charge in [0, 0.05) is 25.9 Å². The SMILES string of the molecule is CS(=O)(=O)c1ccc(-c2ccc([C@@H](O)CN3CCOCC3)cc2)cc1. The summed E-state index contributed by atoms with van der Waals surface area (Å²) in [7, 11) is -3.18. The van der Waals surface area contributed by atoms with Crippen molar-refractivity contribution in [1.82, 2.24) is 4.90 Å². The molecule has 0 amide bonds. The number of aliphatic hydroxyl groups is 1. The number of aliphatic hydroxyl groups excluding tert-OH is 1. The molecule has 6 heteroatoms. The van der Waals surface area contributed by atoms with Gasteiger partial charge in [-0.1, -0.05) is 36.4 Å². The van der Waals surface area contributed by atoms with Gasteiger partial charge in [-0.15, -0.1) is 0 Å². The number of ether oxygens (including phenoxy) is 1. The Labute approximate surface area is 148 Å². The fraction of sp³-hybridized carbons (Fsp3) is 0.368. The molecule has 5 nitrogen and oxygen atoms in total. The third-order valence-electron chi connectivity index (χ3n) is 4.45. The molecule has 3 rings (SSSR count). The third kappa shape index (κ3) is 4.67. The summed E-state index contributed by atoms with van der Waals surface area (Å²) < 4.78 is 28.4. The van der Waals surface area contributed by atoms with E-state index in [9.17, 15) is 13.5 Å². The van der Waals surface area contributed by atoms with E-state index in [0.29, 0.717) is 11.4 Å². The summed E-state index contributed by atoms with van der Waals surface area (Å²) in [6.07, 6.45) is 0.673. The van der Waals surface area contributed by atoms with Crippen LogP contribution in [0.1, 0.15) is 11.7 Å². The van der Waals surface area contributed by atoms with Crippen molar-refractivity contribution in [3.8, 4) is 11.1 Å². The average Bonchev–Trinajstić information content (AvgIpc) is 2.62. The van der Waals surface area contributed by atoms with Crippen molar-refractivity contribution in [3.63, 3.8) is 0 Å². The fourth-order valence-corrected chi connectivity index (χ4v) is 3.56. The van der Waals surface area contributed by atoms with Gasteiger partial charge in [-0.2, -0.15) is 0 Å². The molecule has 1 heterocycles. The number of hydrogen-bond acceptors (Lipinski definition) is 5. The predicted octanol–water partition coefficient (Wildman–Crippen LogP) is 2.12. The molecule has 0 aromatic heterocycles. The van der Waals surface area contributed by atoms with Crippen molar-refractivity contribution in [2.45, 2.75) is 11.0 Å². The summed E-state index contributed by atoms with van der Waals surface area (Å²) in [5.74, 6) is 0. The van der Waals surface area contributed by atoms with Gasteiger partial charge in [0.2, 0.25) is 0 Å². The predicted molar refractivity (Wildman–Crippen MR) is 97.2 cm³/mol. The monoisotopic (exact) mass is 361 g/mol. The third-order valence-corrected chi connectivity index (χ3v) is 5.57. The zero-order valence-corrected chi connectivity index (χ0v) is 15.1. The van der Waals surface area contributed by atoms with Crippen molar-refractivity contribution >= 4 is 9.84 Å². The number of morpholine rings is 1. The van der Waals surface area contributed by atoms with E-state index < -0.39 is 15.9 Å². The van der Waals surface area contributed by atoms with Gasteiger partial charge in [0.15, 0.2) is 9.84 Å². The standard InChI is InChI=1S/C19H23NO4S/c1-25(22,23)18-8-6-16(7-9-18)15-2-4-17(5-3-15)19(21)14-20-10-12-24-13-11-20/h2-9,19,21H,10-14H2,1H3/t19-/m0/s1. The van der Waals surface area contributed by atoms with Crippen LogP contribution in [0.5, 0.6) is 0 Å². The molecule has 2 aromatic rings. The van der Waals surface area contributed by atoms with Gasteiger partial charge in [0.25, 0.3) is 0 Å². The zero-order valence-electron chi connectivity index (χ0n) is 14.3. The smallest absolute Gasteiger partial charge is 0.175 e. The maximum Gasteiger partial charge on any atom is 0.175 e. The van der Waals surface area contributed by atoms with Gasteiger partial charge < -0.3 is 9.84 Å². The highest BCUT2D eigenvalue weighted by molar-refractivity contribution is 7.90. The topological polar surface area (TPSA) is 66.8 Å². The summed E-state index contributed by atoms with van der Waals surface area (Å²) in [6.45, 7) is 3.74. The molecule has 0 radical (unpaired) electrons. The van der Waals surface area contributed by atoms with Gasteiger partial charge in [0.1, 0.15) is 0 Å². The zero-order chi connectivity index (χ0) is 17.9. The largest absolute Gasteiger partial charge is 0.387 e. The van der Waals surface area contributed by atoms with E-state index in [0.717, 1.165) is 43.0 Å². The highest BCUT2D eigenvalue weighted by atomic mass is 32.2. The lowest BCUT2D eigenvalue weighted by Crippen LogP contribution is -2.38. The second-order valence-corrected chi connectivity index (χ2v) is 8.36. The van der Waals surface area contributed by atoms with Gasteiger partial charge >= 0.3 is 0 Å². The van der Waals surface area contributed by atoms with E-state index >= 15 is 0 Å². The van der Waals surface area contributed by atoms with Crippen LogP contribution in [-0.2, 0) is 14.6 Å². The molecular formula is C19H23NO4S. The lowest BCUT2D eigenvalue weighted by molar-refractivity contribution is 0.0143. The number of sulfone groups is 1. The van der Waals surface area contributed by atoms with Crippen molar-refractivity contribution in [1.29, 1.82) is 0 Å². The number of rotatable bonds is 5. The van der Waals surface area contributed by atoms with E-state index in [-0.39, 0.29) is 0 Å². The van der Waals surface area contributed by atoms with Gasteiger partial charge in [-0.3, -0.25) is 4.90 Å². The number of hydrogen-bond donors (Lipinski definition) is 1. The Morgan fingerprint density at radius 3 is 2.04 bits per heavy atom. The van der Waals surface area contributed by atoms with Crippen molar-refractivity contribution in [2.24, 2.45) is 0 Å². The van der Waals surface area contributed by atoms with Crippen LogP contribution in [0.3, 0.4) is 0 Å². The molecule has 2 aromatic carbocycles. The van der Waals surface area contributed by atoms with Crippen LogP contribution < -0.4 is 0 Å². The van der Waals surface area contributed by atoms with E-state index in [1.165, 1.54) is 6.26 Å². The highest BCUT2D eigenvalue weighted by Gasteiger charge is 2.16. The molecule has 0 spiro atoms. The Hall–Kier alpha value is -1.73. The summed E-state index contributed by atoms with van der Waals surface area (Å²) in [6, 6.07) is 14.6. The highest BCUT2D eigenvalue weighted by Crippen LogP contribution is 2.24. The van der Waals surface area contributed by atoms with E-state index in [1.807, 2.05) is 24.3 Å².